The van der Waals surface area contributed by atoms with Gasteiger partial charge < -0.3 is 4.42 Å². The van der Waals surface area contributed by atoms with E-state index in [2.05, 4.69) is 4.98 Å². The van der Waals surface area contributed by atoms with Crippen LogP contribution < -0.4 is 16.8 Å². The molecule has 7 heteroatoms. The summed E-state index contributed by atoms with van der Waals surface area (Å²) in [6.45, 7) is 0.213. The first-order valence-electron chi connectivity index (χ1n) is 4.79. The molecule has 7 nitrogen and oxygen atoms in total. The number of hydrogen-bond acceptors (Lipinski definition) is 5. The van der Waals surface area contributed by atoms with Gasteiger partial charge in [0.15, 0.2) is 0 Å². The lowest BCUT2D eigenvalue weighted by molar-refractivity contribution is 0.0953. The molecule has 0 aliphatic heterocycles. The van der Waals surface area contributed by atoms with E-state index in [1.54, 1.807) is 0 Å². The molecule has 17 heavy (non-hydrogen) atoms. The minimum Gasteiger partial charge on any atom is -0.467 e. The molecule has 3 N–H and O–H groups in total. The minimum absolute atomic E-state index is 0.193. The van der Waals surface area contributed by atoms with Crippen LogP contribution in [-0.2, 0) is 6.54 Å². The molecule has 0 bridgehead atoms. The van der Waals surface area contributed by atoms with Crippen molar-refractivity contribution in [2.45, 2.75) is 6.54 Å². The maximum absolute atomic E-state index is 11.4. The Kier molecular flexibility index (Phi) is 3.01. The lowest BCUT2D eigenvalue weighted by atomic mass is 10.3. The van der Waals surface area contributed by atoms with Crippen molar-refractivity contribution in [2.24, 2.45) is 5.84 Å². The van der Waals surface area contributed by atoms with Crippen LogP contribution >= 0.6 is 0 Å². The van der Waals surface area contributed by atoms with Crippen molar-refractivity contribution in [2.75, 3.05) is 0 Å². The summed E-state index contributed by atoms with van der Waals surface area (Å²) < 4.78 is 6.51. The van der Waals surface area contributed by atoms with Crippen molar-refractivity contribution < 1.29 is 9.21 Å². The van der Waals surface area contributed by atoms with Gasteiger partial charge in [0.2, 0.25) is 0 Å². The van der Waals surface area contributed by atoms with Crippen LogP contribution in [0, 0.1) is 0 Å². The van der Waals surface area contributed by atoms with E-state index < -0.39 is 5.91 Å². The Bertz CT molecular complexity index is 587. The summed E-state index contributed by atoms with van der Waals surface area (Å²) in [7, 11) is 0. The average Bonchev–Trinajstić information content (AvgIpc) is 2.80. The van der Waals surface area contributed by atoms with E-state index in [0.29, 0.717) is 11.3 Å². The van der Waals surface area contributed by atoms with Crippen molar-refractivity contribution >= 4 is 5.91 Å². The summed E-state index contributed by atoms with van der Waals surface area (Å²) in [5.41, 5.74) is 2.10. The molecule has 2 heterocycles. The molecular weight excluding hydrogens is 224 g/mol. The monoisotopic (exact) mass is 234 g/mol. The van der Waals surface area contributed by atoms with Crippen LogP contribution in [0.1, 0.15) is 16.1 Å². The van der Waals surface area contributed by atoms with Gasteiger partial charge in [-0.15, -0.1) is 0 Å². The Balaban J connectivity index is 2.20. The van der Waals surface area contributed by atoms with E-state index in [-0.39, 0.29) is 12.1 Å². The molecular formula is C10H10N4O3. The number of hydrazine groups is 1. The predicted octanol–water partition coefficient (Wildman–Crippen LogP) is -0.512. The highest BCUT2D eigenvalue weighted by atomic mass is 16.3. The quantitative estimate of drug-likeness (QED) is 0.423. The van der Waals surface area contributed by atoms with Gasteiger partial charge in [-0.3, -0.25) is 19.6 Å². The van der Waals surface area contributed by atoms with Crippen LogP contribution in [-0.4, -0.2) is 15.5 Å². The maximum atomic E-state index is 11.4. The van der Waals surface area contributed by atoms with E-state index in [4.69, 9.17) is 10.3 Å². The molecule has 0 unspecified atom stereocenters. The van der Waals surface area contributed by atoms with Crippen LogP contribution in [0.3, 0.4) is 0 Å². The van der Waals surface area contributed by atoms with Gasteiger partial charge in [0.05, 0.1) is 18.4 Å². The predicted molar refractivity (Wildman–Crippen MR) is 58.0 cm³/mol. The van der Waals surface area contributed by atoms with Gasteiger partial charge in [-0.05, 0) is 6.07 Å². The number of rotatable bonds is 3. The second-order valence-corrected chi connectivity index (χ2v) is 3.32. The van der Waals surface area contributed by atoms with Crippen molar-refractivity contribution in [1.82, 2.24) is 15.0 Å². The molecule has 0 spiro atoms. The van der Waals surface area contributed by atoms with Crippen LogP contribution in [0.5, 0.6) is 0 Å². The largest absolute Gasteiger partial charge is 0.467 e. The summed E-state index contributed by atoms with van der Waals surface area (Å²) in [5, 5.41) is 0. The van der Waals surface area contributed by atoms with Crippen molar-refractivity contribution in [1.29, 1.82) is 0 Å². The smallest absolute Gasteiger partial charge is 0.268 e. The normalized spacial score (nSPS) is 10.2. The number of nitrogen functional groups attached to an aromatic ring is 1. The highest BCUT2D eigenvalue weighted by Crippen LogP contribution is 2.08. The molecule has 0 fully saturated rings. The third-order valence-corrected chi connectivity index (χ3v) is 2.17. The topological polar surface area (TPSA) is 103 Å². The fourth-order valence-electron chi connectivity index (χ4n) is 1.33. The average molecular weight is 234 g/mol. The number of nitrogens with zero attached hydrogens (tertiary/aromatic N) is 2. The Labute approximate surface area is 95.8 Å². The van der Waals surface area contributed by atoms with Crippen LogP contribution in [0.4, 0.5) is 0 Å². The Morgan fingerprint density at radius 1 is 1.59 bits per heavy atom. The summed E-state index contributed by atoms with van der Waals surface area (Å²) in [6.07, 6.45) is 4.08. The number of amides is 1. The number of aromatic nitrogens is 2. The molecule has 2 aromatic rings. The second kappa shape index (κ2) is 4.62. The number of carbonyl (C=O) groups is 1. The molecule has 0 aliphatic rings. The molecule has 0 radical (unpaired) electrons. The molecule has 0 aliphatic carbocycles. The number of hydrogen-bond donors (Lipinski definition) is 2. The first-order chi connectivity index (χ1) is 8.20. The van der Waals surface area contributed by atoms with Crippen LogP contribution in [0.15, 0.2) is 40.1 Å². The van der Waals surface area contributed by atoms with Crippen molar-refractivity contribution in [3.63, 3.8) is 0 Å². The number of nitrogens with one attached hydrogen (secondary N) is 1. The first kappa shape index (κ1) is 11.1. The standard InChI is InChI=1S/C10H10N4O3/c11-13-10(16)7-3-8(17-5-7)4-14-6-12-2-1-9(14)15/h1-3,5-6H,4,11H2,(H,13,16). The summed E-state index contributed by atoms with van der Waals surface area (Å²) in [4.78, 5) is 26.4. The highest BCUT2D eigenvalue weighted by molar-refractivity contribution is 5.93. The van der Waals surface area contributed by atoms with E-state index >= 15 is 0 Å². The van der Waals surface area contributed by atoms with Gasteiger partial charge in [0, 0.05) is 12.3 Å². The Morgan fingerprint density at radius 2 is 2.41 bits per heavy atom. The second-order valence-electron chi connectivity index (χ2n) is 3.32. The lowest BCUT2D eigenvalue weighted by Gasteiger charge is -1.99. The minimum atomic E-state index is -0.446. The van der Waals surface area contributed by atoms with Gasteiger partial charge in [-0.1, -0.05) is 0 Å². The molecule has 0 saturated heterocycles. The van der Waals surface area contributed by atoms with Crippen LogP contribution in [0.25, 0.3) is 0 Å². The summed E-state index contributed by atoms with van der Waals surface area (Å²) in [6, 6.07) is 2.86. The van der Waals surface area contributed by atoms with Crippen molar-refractivity contribution in [3.8, 4) is 0 Å². The van der Waals surface area contributed by atoms with Crippen LogP contribution in [0.2, 0.25) is 0 Å². The Morgan fingerprint density at radius 3 is 3.12 bits per heavy atom. The summed E-state index contributed by atoms with van der Waals surface area (Å²) in [5.74, 6) is 5.01. The fourth-order valence-corrected chi connectivity index (χ4v) is 1.33. The number of nitrogens with two attached hydrogens (primary N) is 1. The third kappa shape index (κ3) is 2.40. The number of carbonyl (C=O) groups excluding carboxylic acids is 1. The van der Waals surface area contributed by atoms with E-state index in [9.17, 15) is 9.59 Å². The first-order valence-corrected chi connectivity index (χ1v) is 4.79. The highest BCUT2D eigenvalue weighted by Gasteiger charge is 2.09. The van der Waals surface area contributed by atoms with E-state index in [0.717, 1.165) is 0 Å². The lowest BCUT2D eigenvalue weighted by Crippen LogP contribution is -2.29. The van der Waals surface area contributed by atoms with E-state index in [1.165, 1.54) is 35.5 Å². The molecule has 2 rings (SSSR count). The zero-order valence-corrected chi connectivity index (χ0v) is 8.79. The third-order valence-electron chi connectivity index (χ3n) is 2.17. The zero-order valence-electron chi connectivity index (χ0n) is 8.79. The molecule has 1 amide bonds. The molecule has 0 aromatic carbocycles. The molecule has 0 atom stereocenters. The molecule has 88 valence electrons. The van der Waals surface area contributed by atoms with Gasteiger partial charge in [-0.2, -0.15) is 0 Å². The van der Waals surface area contributed by atoms with Gasteiger partial charge in [0.25, 0.3) is 11.5 Å². The fraction of sp³-hybridized carbons (Fsp3) is 0.100. The van der Waals surface area contributed by atoms with E-state index in [1.807, 2.05) is 5.43 Å². The van der Waals surface area contributed by atoms with Gasteiger partial charge in [0.1, 0.15) is 12.0 Å². The molecule has 0 saturated carbocycles. The Hall–Kier alpha value is -2.41. The summed E-state index contributed by atoms with van der Waals surface area (Å²) >= 11 is 0. The molecule has 2 aromatic heterocycles. The van der Waals surface area contributed by atoms with Gasteiger partial charge in [-0.25, -0.2) is 10.8 Å². The van der Waals surface area contributed by atoms with Crippen molar-refractivity contribution in [3.05, 3.63) is 52.6 Å². The van der Waals surface area contributed by atoms with Gasteiger partial charge >= 0.3 is 0 Å². The number of furan rings is 1. The SMILES string of the molecule is NNC(=O)c1coc(Cn2cnccc2=O)c1. The zero-order chi connectivity index (χ0) is 12.3. The maximum Gasteiger partial charge on any atom is 0.268 e.